The molecule has 0 saturated heterocycles. The lowest BCUT2D eigenvalue weighted by molar-refractivity contribution is 0.970. The summed E-state index contributed by atoms with van der Waals surface area (Å²) in [6.07, 6.45) is 2.46. The molecule has 59 valence electrons. The van der Waals surface area contributed by atoms with E-state index >= 15 is 0 Å². The normalized spacial score (nSPS) is 10.4. The summed E-state index contributed by atoms with van der Waals surface area (Å²) in [6.45, 7) is 3.80. The van der Waals surface area contributed by atoms with Crippen LogP contribution in [-0.4, -0.2) is 10.2 Å². The van der Waals surface area contributed by atoms with E-state index in [-0.39, 0.29) is 0 Å². The van der Waals surface area contributed by atoms with E-state index < -0.39 is 0 Å². The van der Waals surface area contributed by atoms with E-state index in [4.69, 9.17) is 0 Å². The Morgan fingerprint density at radius 3 is 2.92 bits per heavy atom. The van der Waals surface area contributed by atoms with E-state index in [0.29, 0.717) is 6.42 Å². The first-order valence-corrected chi connectivity index (χ1v) is 3.90. The summed E-state index contributed by atoms with van der Waals surface area (Å²) in [4.78, 5) is 0. The highest BCUT2D eigenvalue weighted by Crippen LogP contribution is 2.14. The Labute approximate surface area is 71.3 Å². The summed E-state index contributed by atoms with van der Waals surface area (Å²) < 4.78 is 0. The molecular formula is C10H9N2. The van der Waals surface area contributed by atoms with Crippen molar-refractivity contribution in [3.8, 4) is 0 Å². The van der Waals surface area contributed by atoms with Crippen LogP contribution in [-0.2, 0) is 6.42 Å². The first-order chi connectivity index (χ1) is 5.92. The molecule has 0 N–H and O–H groups in total. The Kier molecular flexibility index (Phi) is 1.74. The topological polar surface area (TPSA) is 25.8 Å². The van der Waals surface area contributed by atoms with Gasteiger partial charge in [-0.15, -0.1) is 0 Å². The lowest BCUT2D eigenvalue weighted by Gasteiger charge is -1.99. The maximum Gasteiger partial charge on any atom is 0.0709 e. The van der Waals surface area contributed by atoms with Gasteiger partial charge in [-0.1, -0.05) is 24.3 Å². The minimum absolute atomic E-state index is 0.689. The van der Waals surface area contributed by atoms with Crippen LogP contribution in [0.15, 0.2) is 30.5 Å². The van der Waals surface area contributed by atoms with Gasteiger partial charge in [0.15, 0.2) is 0 Å². The SMILES string of the molecule is [CH2]Cc1nncc2ccccc12. The van der Waals surface area contributed by atoms with Crippen molar-refractivity contribution in [3.05, 3.63) is 43.1 Å². The second-order valence-corrected chi connectivity index (χ2v) is 2.63. The van der Waals surface area contributed by atoms with E-state index in [1.165, 1.54) is 0 Å². The van der Waals surface area contributed by atoms with E-state index in [9.17, 15) is 0 Å². The molecule has 0 atom stereocenters. The molecule has 2 heteroatoms. The molecule has 2 nitrogen and oxygen atoms in total. The molecule has 0 spiro atoms. The Bertz CT molecular complexity index is 390. The Balaban J connectivity index is 2.79. The summed E-state index contributed by atoms with van der Waals surface area (Å²) in [7, 11) is 0. The van der Waals surface area contributed by atoms with Crippen molar-refractivity contribution in [2.24, 2.45) is 0 Å². The number of hydrogen-bond donors (Lipinski definition) is 0. The lowest BCUT2D eigenvalue weighted by atomic mass is 10.1. The predicted molar refractivity (Wildman–Crippen MR) is 48.6 cm³/mol. The molecule has 1 aromatic carbocycles. The molecule has 0 fully saturated rings. The van der Waals surface area contributed by atoms with Crippen LogP contribution in [0.5, 0.6) is 0 Å². The van der Waals surface area contributed by atoms with Crippen LogP contribution in [0.2, 0.25) is 0 Å². The van der Waals surface area contributed by atoms with Gasteiger partial charge in [0.1, 0.15) is 0 Å². The summed E-state index contributed by atoms with van der Waals surface area (Å²) in [5, 5.41) is 10.2. The van der Waals surface area contributed by atoms with Crippen LogP contribution < -0.4 is 0 Å². The zero-order valence-corrected chi connectivity index (χ0v) is 6.70. The summed E-state index contributed by atoms with van der Waals surface area (Å²) >= 11 is 0. The molecule has 1 aromatic heterocycles. The standard InChI is InChI=1S/C10H9N2/c1-2-10-9-6-4-3-5-8(9)7-11-12-10/h3-7H,1-2H2. The van der Waals surface area contributed by atoms with Gasteiger partial charge < -0.3 is 0 Å². The van der Waals surface area contributed by atoms with Crippen molar-refractivity contribution in [2.45, 2.75) is 6.42 Å². The average molecular weight is 157 g/mol. The third kappa shape index (κ3) is 1.05. The van der Waals surface area contributed by atoms with Crippen molar-refractivity contribution in [1.82, 2.24) is 10.2 Å². The largest absolute Gasteiger partial charge is 0.158 e. The summed E-state index contributed by atoms with van der Waals surface area (Å²) in [6, 6.07) is 8.08. The summed E-state index contributed by atoms with van der Waals surface area (Å²) in [5.41, 5.74) is 0.966. The van der Waals surface area contributed by atoms with E-state index in [2.05, 4.69) is 17.1 Å². The maximum atomic E-state index is 4.01. The Hall–Kier alpha value is -1.44. The zero-order chi connectivity index (χ0) is 8.39. The molecule has 0 saturated carbocycles. The summed E-state index contributed by atoms with van der Waals surface area (Å²) in [5.74, 6) is 0. The molecule has 0 aliphatic carbocycles. The van der Waals surface area contributed by atoms with Crippen molar-refractivity contribution >= 4 is 10.8 Å². The lowest BCUT2D eigenvalue weighted by Crippen LogP contribution is -1.91. The van der Waals surface area contributed by atoms with Crippen LogP contribution >= 0.6 is 0 Å². The molecule has 0 aliphatic rings. The molecule has 2 aromatic rings. The first-order valence-electron chi connectivity index (χ1n) is 3.90. The highest BCUT2D eigenvalue weighted by molar-refractivity contribution is 5.83. The molecule has 1 radical (unpaired) electrons. The fourth-order valence-corrected chi connectivity index (χ4v) is 1.27. The molecule has 1 heterocycles. The molecule has 12 heavy (non-hydrogen) atoms. The van der Waals surface area contributed by atoms with Crippen molar-refractivity contribution in [2.75, 3.05) is 0 Å². The first kappa shape index (κ1) is 7.22. The smallest absolute Gasteiger partial charge is 0.0709 e. The van der Waals surface area contributed by atoms with Gasteiger partial charge in [-0.3, -0.25) is 0 Å². The van der Waals surface area contributed by atoms with Gasteiger partial charge in [0.2, 0.25) is 0 Å². The number of hydrogen-bond acceptors (Lipinski definition) is 2. The van der Waals surface area contributed by atoms with Gasteiger partial charge in [0.25, 0.3) is 0 Å². The Morgan fingerprint density at radius 1 is 1.25 bits per heavy atom. The van der Waals surface area contributed by atoms with Crippen molar-refractivity contribution in [3.63, 3.8) is 0 Å². The fraction of sp³-hybridized carbons (Fsp3) is 0.100. The zero-order valence-electron chi connectivity index (χ0n) is 6.70. The van der Waals surface area contributed by atoms with Gasteiger partial charge in [-0.05, 0) is 13.3 Å². The molecule has 0 unspecified atom stereocenters. The van der Waals surface area contributed by atoms with Gasteiger partial charge in [-0.25, -0.2) is 0 Å². The fourth-order valence-electron chi connectivity index (χ4n) is 1.27. The Morgan fingerprint density at radius 2 is 2.08 bits per heavy atom. The third-order valence-corrected chi connectivity index (χ3v) is 1.88. The molecule has 0 aliphatic heterocycles. The van der Waals surface area contributed by atoms with E-state index in [0.717, 1.165) is 16.5 Å². The number of rotatable bonds is 1. The van der Waals surface area contributed by atoms with E-state index in [1.807, 2.05) is 24.3 Å². The van der Waals surface area contributed by atoms with Crippen molar-refractivity contribution in [1.29, 1.82) is 0 Å². The maximum absolute atomic E-state index is 4.01. The third-order valence-electron chi connectivity index (χ3n) is 1.88. The van der Waals surface area contributed by atoms with Gasteiger partial charge in [0, 0.05) is 10.8 Å². The molecule has 0 amide bonds. The highest BCUT2D eigenvalue weighted by Gasteiger charge is 1.98. The van der Waals surface area contributed by atoms with Gasteiger partial charge in [0.05, 0.1) is 11.9 Å². The second-order valence-electron chi connectivity index (χ2n) is 2.63. The molecule has 0 bridgehead atoms. The van der Waals surface area contributed by atoms with E-state index in [1.54, 1.807) is 6.20 Å². The van der Waals surface area contributed by atoms with Crippen LogP contribution in [0.3, 0.4) is 0 Å². The van der Waals surface area contributed by atoms with Gasteiger partial charge >= 0.3 is 0 Å². The molecular weight excluding hydrogens is 148 g/mol. The van der Waals surface area contributed by atoms with Crippen LogP contribution in [0.25, 0.3) is 10.8 Å². The minimum Gasteiger partial charge on any atom is -0.158 e. The minimum atomic E-state index is 0.689. The quantitative estimate of drug-likeness (QED) is 0.632. The van der Waals surface area contributed by atoms with Gasteiger partial charge in [-0.2, -0.15) is 10.2 Å². The number of benzene rings is 1. The second kappa shape index (κ2) is 2.89. The number of aromatic nitrogens is 2. The number of nitrogens with zero attached hydrogens (tertiary/aromatic N) is 2. The number of fused-ring (bicyclic) bond motifs is 1. The highest BCUT2D eigenvalue weighted by atomic mass is 15.1. The van der Waals surface area contributed by atoms with Crippen LogP contribution in [0.4, 0.5) is 0 Å². The average Bonchev–Trinajstić information content (AvgIpc) is 2.17. The van der Waals surface area contributed by atoms with Crippen molar-refractivity contribution < 1.29 is 0 Å². The van der Waals surface area contributed by atoms with Crippen LogP contribution in [0, 0.1) is 6.92 Å². The monoisotopic (exact) mass is 157 g/mol. The van der Waals surface area contributed by atoms with Crippen LogP contribution in [0.1, 0.15) is 5.69 Å². The predicted octanol–water partition coefficient (Wildman–Crippen LogP) is 2.01. The molecule has 2 rings (SSSR count).